The first-order chi connectivity index (χ1) is 8.65. The SMILES string of the molecule is Cc1c(C2CC(=O)OC(=O)C2)oc2ccccc12. The lowest BCUT2D eigenvalue weighted by Gasteiger charge is -2.18. The van der Waals surface area contributed by atoms with Crippen LogP contribution in [0.1, 0.15) is 30.1 Å². The van der Waals surface area contributed by atoms with Crippen molar-refractivity contribution in [3.63, 3.8) is 0 Å². The van der Waals surface area contributed by atoms with Gasteiger partial charge in [-0.15, -0.1) is 0 Å². The monoisotopic (exact) mass is 244 g/mol. The Bertz CT molecular complexity index is 622. The molecule has 0 spiro atoms. The normalized spacial score (nSPS) is 17.2. The zero-order chi connectivity index (χ0) is 12.7. The number of furan rings is 1. The molecular formula is C14H12O4. The minimum atomic E-state index is -0.476. The zero-order valence-corrected chi connectivity index (χ0v) is 9.93. The van der Waals surface area contributed by atoms with E-state index in [1.165, 1.54) is 0 Å². The standard InChI is InChI=1S/C14H12O4/c1-8-10-4-2-3-5-11(10)17-14(8)9-6-12(15)18-13(16)7-9/h2-5,9H,6-7H2,1H3. The molecule has 4 heteroatoms. The Labute approximate surface area is 104 Å². The Morgan fingerprint density at radius 3 is 2.44 bits per heavy atom. The Morgan fingerprint density at radius 2 is 1.78 bits per heavy atom. The van der Waals surface area contributed by atoms with Crippen molar-refractivity contribution >= 4 is 22.9 Å². The van der Waals surface area contributed by atoms with Crippen molar-refractivity contribution < 1.29 is 18.7 Å². The van der Waals surface area contributed by atoms with Gasteiger partial charge in [-0.25, -0.2) is 0 Å². The van der Waals surface area contributed by atoms with Gasteiger partial charge in [-0.05, 0) is 18.6 Å². The van der Waals surface area contributed by atoms with E-state index in [9.17, 15) is 9.59 Å². The van der Waals surface area contributed by atoms with E-state index in [-0.39, 0.29) is 18.8 Å². The quantitative estimate of drug-likeness (QED) is 0.571. The molecule has 1 aromatic heterocycles. The summed E-state index contributed by atoms with van der Waals surface area (Å²) >= 11 is 0. The van der Waals surface area contributed by atoms with E-state index in [0.717, 1.165) is 22.3 Å². The summed E-state index contributed by atoms with van der Waals surface area (Å²) in [6.45, 7) is 1.95. The number of benzene rings is 1. The van der Waals surface area contributed by atoms with Crippen LogP contribution in [0.4, 0.5) is 0 Å². The number of fused-ring (bicyclic) bond motifs is 1. The Kier molecular flexibility index (Phi) is 2.44. The van der Waals surface area contributed by atoms with Crippen LogP contribution in [0.5, 0.6) is 0 Å². The lowest BCUT2D eigenvalue weighted by molar-refractivity contribution is -0.164. The van der Waals surface area contributed by atoms with Crippen LogP contribution in [0.3, 0.4) is 0 Å². The highest BCUT2D eigenvalue weighted by atomic mass is 16.6. The third kappa shape index (κ3) is 1.70. The number of ether oxygens (including phenoxy) is 1. The highest BCUT2D eigenvalue weighted by molar-refractivity contribution is 5.90. The Morgan fingerprint density at radius 1 is 1.11 bits per heavy atom. The lowest BCUT2D eigenvalue weighted by Crippen LogP contribution is -2.24. The molecule has 1 saturated heterocycles. The van der Waals surface area contributed by atoms with Gasteiger partial charge in [0.25, 0.3) is 0 Å². The summed E-state index contributed by atoms with van der Waals surface area (Å²) in [5, 5.41) is 1.03. The average Bonchev–Trinajstić information content (AvgIpc) is 2.66. The maximum atomic E-state index is 11.3. The zero-order valence-electron chi connectivity index (χ0n) is 9.93. The minimum Gasteiger partial charge on any atom is -0.460 e. The number of rotatable bonds is 1. The first-order valence-electron chi connectivity index (χ1n) is 5.86. The molecule has 0 aliphatic carbocycles. The lowest BCUT2D eigenvalue weighted by atomic mass is 9.93. The molecule has 2 heterocycles. The third-order valence-electron chi connectivity index (χ3n) is 3.31. The molecule has 1 aliphatic rings. The van der Waals surface area contributed by atoms with E-state index in [1.54, 1.807) is 0 Å². The van der Waals surface area contributed by atoms with Crippen LogP contribution < -0.4 is 0 Å². The second-order valence-electron chi connectivity index (χ2n) is 4.54. The molecule has 92 valence electrons. The van der Waals surface area contributed by atoms with Crippen molar-refractivity contribution in [2.45, 2.75) is 25.7 Å². The van der Waals surface area contributed by atoms with Crippen LogP contribution in [0.15, 0.2) is 28.7 Å². The van der Waals surface area contributed by atoms with E-state index in [0.29, 0.717) is 0 Å². The van der Waals surface area contributed by atoms with Crippen LogP contribution in [0.2, 0.25) is 0 Å². The highest BCUT2D eigenvalue weighted by Crippen LogP contribution is 2.35. The number of carbonyl (C=O) groups is 2. The molecule has 0 radical (unpaired) electrons. The number of para-hydroxylation sites is 1. The molecule has 0 amide bonds. The van der Waals surface area contributed by atoms with Crippen LogP contribution in [0, 0.1) is 6.92 Å². The van der Waals surface area contributed by atoms with Gasteiger partial charge in [-0.3, -0.25) is 9.59 Å². The summed E-state index contributed by atoms with van der Waals surface area (Å²) in [7, 11) is 0. The molecule has 0 unspecified atom stereocenters. The van der Waals surface area contributed by atoms with Gasteiger partial charge in [0.15, 0.2) is 0 Å². The van der Waals surface area contributed by atoms with E-state index >= 15 is 0 Å². The fourth-order valence-corrected chi connectivity index (χ4v) is 2.45. The fourth-order valence-electron chi connectivity index (χ4n) is 2.45. The van der Waals surface area contributed by atoms with Crippen molar-refractivity contribution in [1.29, 1.82) is 0 Å². The maximum Gasteiger partial charge on any atom is 0.314 e. The number of hydrogen-bond donors (Lipinski definition) is 0. The van der Waals surface area contributed by atoms with E-state index in [4.69, 9.17) is 4.42 Å². The number of esters is 2. The highest BCUT2D eigenvalue weighted by Gasteiger charge is 2.32. The molecule has 1 aromatic carbocycles. The van der Waals surface area contributed by atoms with Crippen molar-refractivity contribution in [1.82, 2.24) is 0 Å². The number of aryl methyl sites for hydroxylation is 1. The van der Waals surface area contributed by atoms with Gasteiger partial charge in [0.1, 0.15) is 11.3 Å². The van der Waals surface area contributed by atoms with Crippen molar-refractivity contribution in [2.24, 2.45) is 0 Å². The van der Waals surface area contributed by atoms with Crippen LogP contribution in [-0.4, -0.2) is 11.9 Å². The van der Waals surface area contributed by atoms with Crippen molar-refractivity contribution in [3.05, 3.63) is 35.6 Å². The van der Waals surface area contributed by atoms with Gasteiger partial charge in [-0.1, -0.05) is 18.2 Å². The first-order valence-corrected chi connectivity index (χ1v) is 5.86. The number of cyclic esters (lactones) is 2. The van der Waals surface area contributed by atoms with Gasteiger partial charge in [-0.2, -0.15) is 0 Å². The Balaban J connectivity index is 2.06. The summed E-state index contributed by atoms with van der Waals surface area (Å²) < 4.78 is 10.3. The smallest absolute Gasteiger partial charge is 0.314 e. The van der Waals surface area contributed by atoms with Gasteiger partial charge < -0.3 is 9.15 Å². The first kappa shape index (κ1) is 11.0. The minimum absolute atomic E-state index is 0.201. The van der Waals surface area contributed by atoms with E-state index < -0.39 is 11.9 Å². The second-order valence-corrected chi connectivity index (χ2v) is 4.54. The van der Waals surface area contributed by atoms with Gasteiger partial charge in [0, 0.05) is 11.3 Å². The second kappa shape index (κ2) is 3.98. The molecule has 1 fully saturated rings. The topological polar surface area (TPSA) is 56.5 Å². The molecule has 18 heavy (non-hydrogen) atoms. The predicted octanol–water partition coefficient (Wildman–Crippen LogP) is 2.69. The summed E-state index contributed by atoms with van der Waals surface area (Å²) in [6.07, 6.45) is 0.402. The summed E-state index contributed by atoms with van der Waals surface area (Å²) in [4.78, 5) is 22.6. The summed E-state index contributed by atoms with van der Waals surface area (Å²) in [6, 6.07) is 7.69. The van der Waals surface area contributed by atoms with Crippen LogP contribution in [-0.2, 0) is 14.3 Å². The Hall–Kier alpha value is -2.10. The van der Waals surface area contributed by atoms with Crippen LogP contribution >= 0.6 is 0 Å². The summed E-state index contributed by atoms with van der Waals surface area (Å²) in [5.41, 5.74) is 1.79. The molecular weight excluding hydrogens is 232 g/mol. The molecule has 4 nitrogen and oxygen atoms in total. The molecule has 0 saturated carbocycles. The number of hydrogen-bond acceptors (Lipinski definition) is 4. The molecule has 0 N–H and O–H groups in total. The fraction of sp³-hybridized carbons (Fsp3) is 0.286. The van der Waals surface area contributed by atoms with Crippen molar-refractivity contribution in [2.75, 3.05) is 0 Å². The molecule has 2 aromatic rings. The van der Waals surface area contributed by atoms with Gasteiger partial charge in [0.2, 0.25) is 0 Å². The van der Waals surface area contributed by atoms with Gasteiger partial charge >= 0.3 is 11.9 Å². The molecule has 3 rings (SSSR count). The number of carbonyl (C=O) groups excluding carboxylic acids is 2. The average molecular weight is 244 g/mol. The molecule has 0 atom stereocenters. The maximum absolute atomic E-state index is 11.3. The third-order valence-corrected chi connectivity index (χ3v) is 3.31. The summed E-state index contributed by atoms with van der Waals surface area (Å²) in [5.74, 6) is -0.431. The van der Waals surface area contributed by atoms with Crippen molar-refractivity contribution in [3.8, 4) is 0 Å². The van der Waals surface area contributed by atoms with E-state index in [1.807, 2.05) is 31.2 Å². The van der Waals surface area contributed by atoms with Gasteiger partial charge in [0.05, 0.1) is 12.8 Å². The largest absolute Gasteiger partial charge is 0.460 e. The molecule has 0 bridgehead atoms. The van der Waals surface area contributed by atoms with E-state index in [2.05, 4.69) is 4.74 Å². The predicted molar refractivity (Wildman–Crippen MR) is 64.0 cm³/mol. The van der Waals surface area contributed by atoms with Crippen LogP contribution in [0.25, 0.3) is 11.0 Å². The molecule has 1 aliphatic heterocycles.